The maximum Gasteiger partial charge on any atom is 0.355 e. The van der Waals surface area contributed by atoms with Crippen molar-refractivity contribution in [2.24, 2.45) is 0 Å². The Kier molecular flexibility index (Phi) is 1.89. The number of allylic oxidation sites excluding steroid dienone is 2. The van der Waals surface area contributed by atoms with Gasteiger partial charge in [0.1, 0.15) is 0 Å². The summed E-state index contributed by atoms with van der Waals surface area (Å²) in [6.07, 6.45) is 0. The van der Waals surface area contributed by atoms with Gasteiger partial charge in [0.15, 0.2) is 0 Å². The molecule has 0 amide bonds. The standard InChI is InChI=1S/C5ClF7/c6-5(13)3(9,10)1(7)2(8)4(5,11)12. The zero-order valence-corrected chi connectivity index (χ0v) is 6.28. The zero-order valence-electron chi connectivity index (χ0n) is 5.52. The Morgan fingerprint density at radius 3 is 1.08 bits per heavy atom. The van der Waals surface area contributed by atoms with Crippen molar-refractivity contribution in [3.8, 4) is 0 Å². The molecule has 0 unspecified atom stereocenters. The van der Waals surface area contributed by atoms with Gasteiger partial charge in [-0.2, -0.15) is 17.6 Å². The van der Waals surface area contributed by atoms with Gasteiger partial charge in [-0.3, -0.25) is 0 Å². The zero-order chi connectivity index (χ0) is 10.7. The van der Waals surface area contributed by atoms with Crippen molar-refractivity contribution >= 4 is 11.6 Å². The van der Waals surface area contributed by atoms with Crippen LogP contribution in [0.3, 0.4) is 0 Å². The third-order valence-corrected chi connectivity index (χ3v) is 2.01. The molecule has 0 atom stereocenters. The van der Waals surface area contributed by atoms with Gasteiger partial charge in [-0.25, -0.2) is 13.2 Å². The molecule has 1 aliphatic rings. The highest BCUT2D eigenvalue weighted by molar-refractivity contribution is 6.25. The summed E-state index contributed by atoms with van der Waals surface area (Å²) in [5, 5.41) is -5.09. The molecule has 0 saturated carbocycles. The van der Waals surface area contributed by atoms with E-state index in [-0.39, 0.29) is 0 Å². The minimum absolute atomic E-state index is 3.17. The lowest BCUT2D eigenvalue weighted by molar-refractivity contribution is -0.158. The normalized spacial score (nSPS) is 29.5. The third-order valence-electron chi connectivity index (χ3n) is 1.53. The van der Waals surface area contributed by atoms with Crippen LogP contribution >= 0.6 is 11.6 Å². The molecule has 0 nitrogen and oxygen atoms in total. The van der Waals surface area contributed by atoms with Crippen molar-refractivity contribution in [1.82, 2.24) is 0 Å². The molecule has 0 radical (unpaired) electrons. The second-order valence-corrected chi connectivity index (χ2v) is 2.87. The predicted molar refractivity (Wildman–Crippen MR) is 28.8 cm³/mol. The molecule has 1 rings (SSSR count). The number of hydrogen-bond donors (Lipinski definition) is 0. The fourth-order valence-corrected chi connectivity index (χ4v) is 0.914. The third kappa shape index (κ3) is 0.934. The molecule has 0 fully saturated rings. The Hall–Kier alpha value is -0.460. The maximum absolute atomic E-state index is 12.4. The SMILES string of the molecule is FC1=C(F)C(F)(F)C(F)(Cl)C1(F)F. The summed E-state index contributed by atoms with van der Waals surface area (Å²) >= 11 is 4.05. The minimum atomic E-state index is -5.36. The summed E-state index contributed by atoms with van der Waals surface area (Å²) in [6, 6.07) is 0. The summed E-state index contributed by atoms with van der Waals surface area (Å²) in [7, 11) is 0. The van der Waals surface area contributed by atoms with Crippen molar-refractivity contribution in [1.29, 1.82) is 0 Å². The van der Waals surface area contributed by atoms with E-state index < -0.39 is 28.6 Å². The van der Waals surface area contributed by atoms with Crippen LogP contribution in [0.15, 0.2) is 11.7 Å². The van der Waals surface area contributed by atoms with Gasteiger partial charge in [0.2, 0.25) is 11.7 Å². The van der Waals surface area contributed by atoms with Crippen LogP contribution in [0.4, 0.5) is 30.7 Å². The van der Waals surface area contributed by atoms with E-state index in [1.807, 2.05) is 0 Å². The molecule has 0 heterocycles. The van der Waals surface area contributed by atoms with E-state index in [1.54, 1.807) is 0 Å². The van der Waals surface area contributed by atoms with Gasteiger partial charge in [-0.05, 0) is 0 Å². The van der Waals surface area contributed by atoms with E-state index in [0.29, 0.717) is 0 Å². The summed E-state index contributed by atoms with van der Waals surface area (Å²) in [5.41, 5.74) is 0. The van der Waals surface area contributed by atoms with Crippen molar-refractivity contribution in [3.63, 3.8) is 0 Å². The van der Waals surface area contributed by atoms with Crippen LogP contribution in [-0.2, 0) is 0 Å². The highest BCUT2D eigenvalue weighted by atomic mass is 35.5. The molecule has 8 heteroatoms. The second-order valence-electron chi connectivity index (χ2n) is 2.35. The molecule has 0 aromatic rings. The molecule has 0 spiro atoms. The van der Waals surface area contributed by atoms with Crippen LogP contribution in [-0.4, -0.2) is 17.0 Å². The molecule has 0 aromatic heterocycles. The van der Waals surface area contributed by atoms with Crippen molar-refractivity contribution in [2.75, 3.05) is 0 Å². The van der Waals surface area contributed by atoms with Gasteiger partial charge in [0, 0.05) is 0 Å². The highest BCUT2D eigenvalue weighted by Crippen LogP contribution is 2.60. The molecule has 13 heavy (non-hydrogen) atoms. The van der Waals surface area contributed by atoms with Gasteiger partial charge in [-0.15, -0.1) is 0 Å². The molecule has 0 bridgehead atoms. The van der Waals surface area contributed by atoms with Crippen LogP contribution in [0.2, 0.25) is 0 Å². The van der Waals surface area contributed by atoms with Crippen molar-refractivity contribution in [3.05, 3.63) is 11.7 Å². The molecule has 0 saturated heterocycles. The number of hydrogen-bond acceptors (Lipinski definition) is 0. The molecule has 76 valence electrons. The van der Waals surface area contributed by atoms with Crippen LogP contribution in [0.25, 0.3) is 0 Å². The van der Waals surface area contributed by atoms with E-state index in [1.165, 1.54) is 0 Å². The van der Waals surface area contributed by atoms with E-state index in [2.05, 4.69) is 11.6 Å². The Labute approximate surface area is 72.0 Å². The van der Waals surface area contributed by atoms with Crippen LogP contribution in [0.5, 0.6) is 0 Å². The predicted octanol–water partition coefficient (Wildman–Crippen LogP) is 3.33. The van der Waals surface area contributed by atoms with E-state index >= 15 is 0 Å². The molecule has 0 aromatic carbocycles. The average molecular weight is 228 g/mol. The summed E-state index contributed by atoms with van der Waals surface area (Å²) in [5.74, 6) is -17.1. The molecule has 0 N–H and O–H groups in total. The second kappa shape index (κ2) is 2.31. The number of halogens is 8. The van der Waals surface area contributed by atoms with E-state index in [4.69, 9.17) is 0 Å². The van der Waals surface area contributed by atoms with Gasteiger partial charge in [0.05, 0.1) is 0 Å². The number of rotatable bonds is 0. The fourth-order valence-electron chi connectivity index (χ4n) is 0.749. The Morgan fingerprint density at radius 2 is 1.00 bits per heavy atom. The van der Waals surface area contributed by atoms with E-state index in [9.17, 15) is 30.7 Å². The van der Waals surface area contributed by atoms with Gasteiger partial charge < -0.3 is 0 Å². The average Bonchev–Trinajstić information content (AvgIpc) is 2.05. The minimum Gasteiger partial charge on any atom is -0.211 e. The lowest BCUT2D eigenvalue weighted by Gasteiger charge is -2.24. The number of alkyl halides is 6. The monoisotopic (exact) mass is 228 g/mol. The van der Waals surface area contributed by atoms with Crippen LogP contribution in [0.1, 0.15) is 0 Å². The first-order valence-corrected chi connectivity index (χ1v) is 3.14. The quantitative estimate of drug-likeness (QED) is 0.441. The first-order chi connectivity index (χ1) is 5.57. The highest BCUT2D eigenvalue weighted by Gasteiger charge is 2.80. The largest absolute Gasteiger partial charge is 0.355 e. The Bertz CT molecular complexity index is 253. The van der Waals surface area contributed by atoms with Gasteiger partial charge in [0.25, 0.3) is 0 Å². The van der Waals surface area contributed by atoms with Gasteiger partial charge >= 0.3 is 17.0 Å². The summed E-state index contributed by atoms with van der Waals surface area (Å²) in [6.45, 7) is 0. The fraction of sp³-hybridized carbons (Fsp3) is 0.600. The maximum atomic E-state index is 12.4. The molecule has 0 aliphatic heterocycles. The van der Waals surface area contributed by atoms with Crippen LogP contribution < -0.4 is 0 Å². The first kappa shape index (κ1) is 10.6. The Balaban J connectivity index is 3.39. The smallest absolute Gasteiger partial charge is 0.211 e. The Morgan fingerprint density at radius 1 is 0.769 bits per heavy atom. The van der Waals surface area contributed by atoms with Crippen molar-refractivity contribution in [2.45, 2.75) is 17.0 Å². The van der Waals surface area contributed by atoms with Gasteiger partial charge in [-0.1, -0.05) is 11.6 Å². The lowest BCUT2D eigenvalue weighted by Crippen LogP contribution is -2.47. The first-order valence-electron chi connectivity index (χ1n) is 2.76. The lowest BCUT2D eigenvalue weighted by atomic mass is 10.2. The summed E-state index contributed by atoms with van der Waals surface area (Å²) < 4.78 is 85.3. The van der Waals surface area contributed by atoms with E-state index in [0.717, 1.165) is 0 Å². The molecule has 1 aliphatic carbocycles. The topological polar surface area (TPSA) is 0 Å². The summed E-state index contributed by atoms with van der Waals surface area (Å²) in [4.78, 5) is 0. The van der Waals surface area contributed by atoms with Crippen LogP contribution in [0, 0.1) is 0 Å². The molecular weight excluding hydrogens is 228 g/mol. The molecular formula is C5ClF7. The van der Waals surface area contributed by atoms with Crippen molar-refractivity contribution < 1.29 is 30.7 Å².